The summed E-state index contributed by atoms with van der Waals surface area (Å²) >= 11 is 0. The van der Waals surface area contributed by atoms with Crippen LogP contribution in [0.5, 0.6) is 0 Å². The van der Waals surface area contributed by atoms with Gasteiger partial charge in [0.25, 0.3) is 0 Å². The number of rotatable bonds is 31. The maximum atomic E-state index is 12.3. The Morgan fingerprint density at radius 3 is 1.43 bits per heavy atom. The lowest BCUT2D eigenvalue weighted by atomic mass is 10.0. The Hall–Kier alpha value is -0.950. The second kappa shape index (κ2) is 28.8. The van der Waals surface area contributed by atoms with Crippen LogP contribution in [0.25, 0.3) is 0 Å². The molecule has 8 nitrogen and oxygen atoms in total. The van der Waals surface area contributed by atoms with Crippen molar-refractivity contribution >= 4 is 19.8 Å². The Balaban J connectivity index is 3.80. The number of unbranched alkanes of at least 4 members (excludes halogenated alkanes) is 19. The van der Waals surface area contributed by atoms with Crippen molar-refractivity contribution in [1.29, 1.82) is 0 Å². The van der Waals surface area contributed by atoms with Gasteiger partial charge in [-0.3, -0.25) is 14.1 Å². The molecule has 0 bridgehead atoms. The number of esters is 2. The molecule has 0 rings (SSSR count). The van der Waals surface area contributed by atoms with Crippen molar-refractivity contribution in [1.82, 2.24) is 0 Å². The molecule has 0 aromatic rings. The monoisotopic (exact) mass is 620 g/mol. The lowest BCUT2D eigenvalue weighted by molar-refractivity contribution is -0.161. The molecule has 0 heterocycles. The number of phosphoric ester groups is 1. The molecule has 250 valence electrons. The van der Waals surface area contributed by atoms with Gasteiger partial charge in [0.1, 0.15) is 6.61 Å². The number of hydrogen-bond donors (Lipinski definition) is 2. The minimum atomic E-state index is -4.73. The van der Waals surface area contributed by atoms with Crippen LogP contribution in [-0.4, -0.2) is 41.0 Å². The third kappa shape index (κ3) is 32.0. The molecule has 42 heavy (non-hydrogen) atoms. The molecular weight excluding hydrogens is 555 g/mol. The lowest BCUT2D eigenvalue weighted by Gasteiger charge is -2.18. The molecule has 2 N–H and O–H groups in total. The van der Waals surface area contributed by atoms with E-state index in [0.29, 0.717) is 6.42 Å². The first-order valence-corrected chi connectivity index (χ1v) is 18.7. The highest BCUT2D eigenvalue weighted by atomic mass is 31.2. The van der Waals surface area contributed by atoms with Crippen LogP contribution in [0.2, 0.25) is 0 Å². The molecule has 0 aliphatic rings. The van der Waals surface area contributed by atoms with Gasteiger partial charge in [0.2, 0.25) is 0 Å². The number of carbonyl (C=O) groups is 2. The third-order valence-electron chi connectivity index (χ3n) is 7.55. The summed E-state index contributed by atoms with van der Waals surface area (Å²) in [6.07, 6.45) is 25.9. The molecular formula is C33H65O8P. The Labute approximate surface area is 257 Å². The summed E-state index contributed by atoms with van der Waals surface area (Å²) in [5.41, 5.74) is 0. The summed E-state index contributed by atoms with van der Waals surface area (Å²) < 4.78 is 26.0. The molecule has 0 saturated heterocycles. The van der Waals surface area contributed by atoms with Crippen molar-refractivity contribution < 1.29 is 37.9 Å². The summed E-state index contributed by atoms with van der Waals surface area (Å²) in [7, 11) is -4.73. The fraction of sp³-hybridized carbons (Fsp3) is 0.939. The van der Waals surface area contributed by atoms with Gasteiger partial charge in [-0.1, -0.05) is 149 Å². The second-order valence-corrected chi connectivity index (χ2v) is 13.6. The number of carbonyl (C=O) groups excluding carboxylic acids is 2. The van der Waals surface area contributed by atoms with Crippen LogP contribution in [0.15, 0.2) is 0 Å². The normalized spacial score (nSPS) is 12.5. The molecule has 0 amide bonds. The van der Waals surface area contributed by atoms with Gasteiger partial charge in [-0.05, 0) is 18.8 Å². The quantitative estimate of drug-likeness (QED) is 0.0447. The molecule has 9 heteroatoms. The van der Waals surface area contributed by atoms with E-state index in [1.54, 1.807) is 0 Å². The summed E-state index contributed by atoms with van der Waals surface area (Å²) in [6, 6.07) is 0. The van der Waals surface area contributed by atoms with Crippen LogP contribution in [-0.2, 0) is 28.2 Å². The van der Waals surface area contributed by atoms with Gasteiger partial charge >= 0.3 is 19.8 Å². The summed E-state index contributed by atoms with van der Waals surface area (Å²) in [4.78, 5) is 42.2. The van der Waals surface area contributed by atoms with Gasteiger partial charge in [-0.2, -0.15) is 0 Å². The zero-order valence-electron chi connectivity index (χ0n) is 27.3. The Bertz CT molecular complexity index is 679. The van der Waals surface area contributed by atoms with Crippen molar-refractivity contribution in [3.8, 4) is 0 Å². The van der Waals surface area contributed by atoms with Gasteiger partial charge in [-0.15, -0.1) is 0 Å². The molecule has 0 aliphatic heterocycles. The van der Waals surface area contributed by atoms with E-state index in [9.17, 15) is 14.2 Å². The smallest absolute Gasteiger partial charge is 0.462 e. The van der Waals surface area contributed by atoms with Crippen LogP contribution >= 0.6 is 7.82 Å². The molecule has 0 aromatic carbocycles. The van der Waals surface area contributed by atoms with E-state index in [0.717, 1.165) is 50.9 Å². The van der Waals surface area contributed by atoms with Crippen LogP contribution in [0, 0.1) is 5.92 Å². The van der Waals surface area contributed by atoms with Gasteiger partial charge in [0.05, 0.1) is 6.61 Å². The molecule has 0 saturated carbocycles. The van der Waals surface area contributed by atoms with E-state index in [1.807, 2.05) is 0 Å². The highest BCUT2D eigenvalue weighted by Crippen LogP contribution is 2.36. The molecule has 0 radical (unpaired) electrons. The van der Waals surface area contributed by atoms with Crippen LogP contribution < -0.4 is 0 Å². The first-order chi connectivity index (χ1) is 20.1. The predicted molar refractivity (Wildman–Crippen MR) is 170 cm³/mol. The van der Waals surface area contributed by atoms with Crippen LogP contribution in [0.4, 0.5) is 0 Å². The third-order valence-corrected chi connectivity index (χ3v) is 8.04. The number of phosphoric acid groups is 1. The SMILES string of the molecule is CCCCCCCC(=O)OC[C@H](COP(=O)(O)O)OC(=O)CCCCCCCCCCCCCCCCCCC(C)C. The molecule has 0 spiro atoms. The van der Waals surface area contributed by atoms with Gasteiger partial charge in [0.15, 0.2) is 6.10 Å². The summed E-state index contributed by atoms with van der Waals surface area (Å²) in [6.45, 7) is 5.93. The molecule has 0 aliphatic carbocycles. The van der Waals surface area contributed by atoms with E-state index in [4.69, 9.17) is 19.3 Å². The van der Waals surface area contributed by atoms with E-state index in [1.165, 1.54) is 89.9 Å². The van der Waals surface area contributed by atoms with Crippen molar-refractivity contribution in [2.24, 2.45) is 5.92 Å². The van der Waals surface area contributed by atoms with Crippen molar-refractivity contribution in [2.75, 3.05) is 13.2 Å². The van der Waals surface area contributed by atoms with Crippen molar-refractivity contribution in [3.63, 3.8) is 0 Å². The highest BCUT2D eigenvalue weighted by molar-refractivity contribution is 7.46. The van der Waals surface area contributed by atoms with Gasteiger partial charge in [-0.25, -0.2) is 4.57 Å². The molecule has 0 fully saturated rings. The minimum absolute atomic E-state index is 0.218. The Kier molecular flexibility index (Phi) is 28.1. The van der Waals surface area contributed by atoms with Crippen molar-refractivity contribution in [2.45, 2.75) is 181 Å². The van der Waals surface area contributed by atoms with Gasteiger partial charge in [0, 0.05) is 12.8 Å². The number of hydrogen-bond acceptors (Lipinski definition) is 6. The van der Waals surface area contributed by atoms with Gasteiger partial charge < -0.3 is 19.3 Å². The first-order valence-electron chi connectivity index (χ1n) is 17.2. The molecule has 0 aromatic heterocycles. The topological polar surface area (TPSA) is 119 Å². The lowest BCUT2D eigenvalue weighted by Crippen LogP contribution is -2.29. The second-order valence-electron chi connectivity index (χ2n) is 12.3. The Morgan fingerprint density at radius 2 is 1.00 bits per heavy atom. The minimum Gasteiger partial charge on any atom is -0.462 e. The average molecular weight is 621 g/mol. The predicted octanol–water partition coefficient (Wildman–Crippen LogP) is 9.59. The van der Waals surface area contributed by atoms with E-state index >= 15 is 0 Å². The zero-order chi connectivity index (χ0) is 31.3. The zero-order valence-corrected chi connectivity index (χ0v) is 28.2. The van der Waals surface area contributed by atoms with Crippen LogP contribution in [0.3, 0.4) is 0 Å². The fourth-order valence-corrected chi connectivity index (χ4v) is 5.33. The average Bonchev–Trinajstić information content (AvgIpc) is 2.93. The largest absolute Gasteiger partial charge is 0.469 e. The maximum Gasteiger partial charge on any atom is 0.469 e. The van der Waals surface area contributed by atoms with E-state index < -0.39 is 32.5 Å². The Morgan fingerprint density at radius 1 is 0.595 bits per heavy atom. The molecule has 1 atom stereocenters. The van der Waals surface area contributed by atoms with Crippen molar-refractivity contribution in [3.05, 3.63) is 0 Å². The van der Waals surface area contributed by atoms with E-state index in [2.05, 4.69) is 25.3 Å². The van der Waals surface area contributed by atoms with Crippen LogP contribution in [0.1, 0.15) is 175 Å². The fourth-order valence-electron chi connectivity index (χ4n) is 4.97. The maximum absolute atomic E-state index is 12.3. The summed E-state index contributed by atoms with van der Waals surface area (Å²) in [5.74, 6) is -0.0486. The highest BCUT2D eigenvalue weighted by Gasteiger charge is 2.22. The summed E-state index contributed by atoms with van der Waals surface area (Å²) in [5, 5.41) is 0. The standard InChI is InChI=1S/C33H65O8P/c1-4-5-6-19-23-26-32(34)39-28-31(29-40-42(36,37)38)41-33(35)27-24-21-18-16-14-12-10-8-7-9-11-13-15-17-20-22-25-30(2)3/h30-31H,4-29H2,1-3H3,(H2,36,37,38)/t31-/m1/s1. The first kappa shape index (κ1) is 41.0. The van der Waals surface area contributed by atoms with E-state index in [-0.39, 0.29) is 19.4 Å². The number of ether oxygens (including phenoxy) is 2. The molecule has 0 unspecified atom stereocenters.